The van der Waals surface area contributed by atoms with Gasteiger partial charge in [0.1, 0.15) is 6.10 Å². The van der Waals surface area contributed by atoms with Gasteiger partial charge in [-0.1, -0.05) is 13.8 Å². The maximum atomic E-state index is 6.03. The topological polar surface area (TPSA) is 27.7 Å². The van der Waals surface area contributed by atoms with Crippen LogP contribution >= 0.6 is 11.6 Å². The van der Waals surface area contributed by atoms with E-state index in [-0.39, 0.29) is 17.6 Å². The van der Waals surface area contributed by atoms with E-state index in [0.29, 0.717) is 25.7 Å². The molecule has 1 fully saturated rings. The van der Waals surface area contributed by atoms with Gasteiger partial charge in [0.25, 0.3) is 0 Å². The van der Waals surface area contributed by atoms with Crippen molar-refractivity contribution in [3.05, 3.63) is 0 Å². The highest BCUT2D eigenvalue weighted by atomic mass is 35.5. The first-order valence-electron chi connectivity index (χ1n) is 6.10. The maximum absolute atomic E-state index is 6.03. The summed E-state index contributed by atoms with van der Waals surface area (Å²) in [5, 5.41) is 0.113. The first-order valence-corrected chi connectivity index (χ1v) is 6.53. The smallest absolute Gasteiger partial charge is 0.100 e. The molecule has 0 radical (unpaired) electrons. The molecule has 0 aliphatic heterocycles. The first-order chi connectivity index (χ1) is 7.65. The van der Waals surface area contributed by atoms with E-state index in [0.717, 1.165) is 13.0 Å². The van der Waals surface area contributed by atoms with Gasteiger partial charge in [-0.2, -0.15) is 0 Å². The van der Waals surface area contributed by atoms with Crippen molar-refractivity contribution in [2.75, 3.05) is 26.4 Å². The first kappa shape index (κ1) is 14.2. The number of hydrogen-bond acceptors (Lipinski definition) is 3. The van der Waals surface area contributed by atoms with Crippen molar-refractivity contribution in [1.29, 1.82) is 0 Å². The Morgan fingerprint density at radius 3 is 2.56 bits per heavy atom. The Labute approximate surface area is 103 Å². The van der Waals surface area contributed by atoms with Crippen molar-refractivity contribution in [1.82, 2.24) is 0 Å². The minimum absolute atomic E-state index is 0.0664. The second-order valence-electron chi connectivity index (χ2n) is 4.55. The van der Waals surface area contributed by atoms with Crippen molar-refractivity contribution in [3.8, 4) is 0 Å². The van der Waals surface area contributed by atoms with Crippen molar-refractivity contribution in [2.24, 2.45) is 5.92 Å². The predicted octanol–water partition coefficient (Wildman–Crippen LogP) is 2.46. The third-order valence-corrected chi connectivity index (χ3v) is 2.98. The molecule has 0 aromatic heterocycles. The Balaban J connectivity index is 2.01. The molecule has 0 aromatic carbocycles. The van der Waals surface area contributed by atoms with Crippen LogP contribution in [-0.2, 0) is 14.2 Å². The Bertz CT molecular complexity index is 187. The third-order valence-electron chi connectivity index (χ3n) is 2.55. The van der Waals surface area contributed by atoms with Crippen LogP contribution in [0.1, 0.15) is 27.2 Å². The van der Waals surface area contributed by atoms with Gasteiger partial charge in [0.15, 0.2) is 0 Å². The summed E-state index contributed by atoms with van der Waals surface area (Å²) in [5.74, 6) is 0.576. The highest BCUT2D eigenvalue weighted by molar-refractivity contribution is 6.21. The zero-order valence-electron chi connectivity index (χ0n) is 10.4. The molecule has 1 rings (SSSR count). The zero-order chi connectivity index (χ0) is 12.0. The van der Waals surface area contributed by atoms with E-state index in [1.165, 1.54) is 0 Å². The molecule has 0 bridgehead atoms. The summed E-state index contributed by atoms with van der Waals surface area (Å²) >= 11 is 6.03. The van der Waals surface area contributed by atoms with Gasteiger partial charge >= 0.3 is 0 Å². The molecule has 0 aromatic rings. The van der Waals surface area contributed by atoms with Crippen molar-refractivity contribution < 1.29 is 14.2 Å². The lowest BCUT2D eigenvalue weighted by molar-refractivity contribution is -0.129. The lowest BCUT2D eigenvalue weighted by Crippen LogP contribution is -2.51. The molecule has 16 heavy (non-hydrogen) atoms. The van der Waals surface area contributed by atoms with Gasteiger partial charge in [-0.15, -0.1) is 11.6 Å². The highest BCUT2D eigenvalue weighted by Crippen LogP contribution is 2.31. The molecule has 0 amide bonds. The Kier molecular flexibility index (Phi) is 6.66. The average Bonchev–Trinajstić information content (AvgIpc) is 2.23. The predicted molar refractivity (Wildman–Crippen MR) is 65.1 cm³/mol. The van der Waals surface area contributed by atoms with E-state index in [4.69, 9.17) is 25.8 Å². The SMILES string of the molecule is CCOC1C(Cl)CC1OCCOCC(C)C. The van der Waals surface area contributed by atoms with Crippen LogP contribution in [-0.4, -0.2) is 44.0 Å². The fourth-order valence-electron chi connectivity index (χ4n) is 1.67. The zero-order valence-corrected chi connectivity index (χ0v) is 11.2. The molecule has 0 N–H and O–H groups in total. The molecule has 0 heterocycles. The summed E-state index contributed by atoms with van der Waals surface area (Å²) in [6.45, 7) is 9.01. The second kappa shape index (κ2) is 7.49. The standard InChI is InChI=1S/C12H23ClO3/c1-4-15-12-10(13)7-11(12)16-6-5-14-8-9(2)3/h9-12H,4-8H2,1-3H3. The second-order valence-corrected chi connectivity index (χ2v) is 5.11. The van der Waals surface area contributed by atoms with E-state index < -0.39 is 0 Å². The van der Waals surface area contributed by atoms with Crippen molar-refractivity contribution >= 4 is 11.6 Å². The van der Waals surface area contributed by atoms with Crippen LogP contribution in [0, 0.1) is 5.92 Å². The molecule has 4 heteroatoms. The number of rotatable bonds is 8. The van der Waals surface area contributed by atoms with Gasteiger partial charge in [0.2, 0.25) is 0 Å². The summed E-state index contributed by atoms with van der Waals surface area (Å²) in [6.07, 6.45) is 1.11. The Hall–Kier alpha value is 0.170. The van der Waals surface area contributed by atoms with Gasteiger partial charge in [0.05, 0.1) is 24.7 Å². The lowest BCUT2D eigenvalue weighted by atomic mass is 9.91. The van der Waals surface area contributed by atoms with Crippen molar-refractivity contribution in [2.45, 2.75) is 44.8 Å². The van der Waals surface area contributed by atoms with Crippen LogP contribution in [0.2, 0.25) is 0 Å². The molecule has 3 atom stereocenters. The molecule has 3 nitrogen and oxygen atoms in total. The Morgan fingerprint density at radius 2 is 2.00 bits per heavy atom. The molecule has 3 unspecified atom stereocenters. The van der Waals surface area contributed by atoms with Crippen LogP contribution in [0.5, 0.6) is 0 Å². The highest BCUT2D eigenvalue weighted by Gasteiger charge is 2.41. The van der Waals surface area contributed by atoms with Crippen molar-refractivity contribution in [3.63, 3.8) is 0 Å². The number of halogens is 1. The van der Waals surface area contributed by atoms with Gasteiger partial charge in [-0.25, -0.2) is 0 Å². The van der Waals surface area contributed by atoms with Crippen LogP contribution in [0.15, 0.2) is 0 Å². The van der Waals surface area contributed by atoms with Gasteiger partial charge in [0, 0.05) is 13.2 Å². The van der Waals surface area contributed by atoms with Crippen LogP contribution in [0.4, 0.5) is 0 Å². The lowest BCUT2D eigenvalue weighted by Gasteiger charge is -2.40. The summed E-state index contributed by atoms with van der Waals surface area (Å²) in [7, 11) is 0. The molecule has 1 aliphatic rings. The van der Waals surface area contributed by atoms with Crippen LogP contribution in [0.3, 0.4) is 0 Å². The fourth-order valence-corrected chi connectivity index (χ4v) is 2.08. The van der Waals surface area contributed by atoms with E-state index in [1.54, 1.807) is 0 Å². The third kappa shape index (κ3) is 4.58. The summed E-state index contributed by atoms with van der Waals surface area (Å²) < 4.78 is 16.6. The Morgan fingerprint density at radius 1 is 1.25 bits per heavy atom. The van der Waals surface area contributed by atoms with E-state index in [1.807, 2.05) is 6.92 Å². The van der Waals surface area contributed by atoms with Crippen LogP contribution in [0.25, 0.3) is 0 Å². The monoisotopic (exact) mass is 250 g/mol. The molecule has 0 spiro atoms. The number of hydrogen-bond donors (Lipinski definition) is 0. The fraction of sp³-hybridized carbons (Fsp3) is 1.00. The van der Waals surface area contributed by atoms with E-state index in [2.05, 4.69) is 13.8 Å². The summed E-state index contributed by atoms with van der Waals surface area (Å²) in [5.41, 5.74) is 0. The molecule has 1 aliphatic carbocycles. The largest absolute Gasteiger partial charge is 0.379 e. The number of ether oxygens (including phenoxy) is 3. The minimum atomic E-state index is 0.0664. The molecule has 96 valence electrons. The molecule has 0 saturated heterocycles. The van der Waals surface area contributed by atoms with Gasteiger partial charge in [-0.05, 0) is 19.3 Å². The molecular formula is C12H23ClO3. The van der Waals surface area contributed by atoms with Gasteiger partial charge in [-0.3, -0.25) is 0 Å². The van der Waals surface area contributed by atoms with Crippen LogP contribution < -0.4 is 0 Å². The van der Waals surface area contributed by atoms with Gasteiger partial charge < -0.3 is 14.2 Å². The summed E-state index contributed by atoms with van der Waals surface area (Å²) in [6, 6.07) is 0. The molecule has 1 saturated carbocycles. The molecular weight excluding hydrogens is 228 g/mol. The summed E-state index contributed by atoms with van der Waals surface area (Å²) in [4.78, 5) is 0. The number of alkyl halides is 1. The normalized spacial score (nSPS) is 29.4. The average molecular weight is 251 g/mol. The maximum Gasteiger partial charge on any atom is 0.100 e. The minimum Gasteiger partial charge on any atom is -0.379 e. The quantitative estimate of drug-likeness (QED) is 0.489. The van der Waals surface area contributed by atoms with E-state index in [9.17, 15) is 0 Å². The van der Waals surface area contributed by atoms with E-state index >= 15 is 0 Å².